The molecule has 0 radical (unpaired) electrons. The maximum atomic E-state index is 11.5. The van der Waals surface area contributed by atoms with E-state index in [1.165, 1.54) is 0 Å². The fourth-order valence-corrected chi connectivity index (χ4v) is 1.44. The van der Waals surface area contributed by atoms with E-state index in [1.807, 2.05) is 0 Å². The van der Waals surface area contributed by atoms with Crippen molar-refractivity contribution in [2.75, 3.05) is 0 Å². The zero-order valence-corrected chi connectivity index (χ0v) is 11.1. The third-order valence-corrected chi connectivity index (χ3v) is 2.64. The molecule has 1 heterocycles. The van der Waals surface area contributed by atoms with Crippen molar-refractivity contribution in [2.24, 2.45) is 11.7 Å². The number of carbonyl (C=O) groups is 2. The maximum absolute atomic E-state index is 11.5. The molecule has 0 saturated heterocycles. The van der Waals surface area contributed by atoms with Gasteiger partial charge in [-0.25, -0.2) is 4.98 Å². The standard InChI is InChI=1S/C12H16ClN3O2/c1-7(2)12(18)16-9(11(14)17)5-8-3-4-10(13)15-6-8/h3-4,6-7,9H,5H2,1-2H3,(H2,14,17)(H,16,18)/t9-/m0/s1. The van der Waals surface area contributed by atoms with Crippen LogP contribution in [0.15, 0.2) is 18.3 Å². The SMILES string of the molecule is CC(C)C(=O)N[C@@H](Cc1ccc(Cl)nc1)C(N)=O. The molecule has 3 N–H and O–H groups in total. The van der Waals surface area contributed by atoms with E-state index in [0.717, 1.165) is 5.56 Å². The first-order chi connectivity index (χ1) is 8.40. The molecule has 0 spiro atoms. The molecule has 0 aliphatic heterocycles. The lowest BCUT2D eigenvalue weighted by Gasteiger charge is -2.16. The number of pyridine rings is 1. The molecule has 0 unspecified atom stereocenters. The number of nitrogens with zero attached hydrogens (tertiary/aromatic N) is 1. The predicted octanol–water partition coefficient (Wildman–Crippen LogP) is 0.904. The largest absolute Gasteiger partial charge is 0.368 e. The number of rotatable bonds is 5. The van der Waals surface area contributed by atoms with E-state index in [0.29, 0.717) is 11.6 Å². The molecule has 0 saturated carbocycles. The Morgan fingerprint density at radius 1 is 1.44 bits per heavy atom. The summed E-state index contributed by atoms with van der Waals surface area (Å²) in [5.41, 5.74) is 6.05. The van der Waals surface area contributed by atoms with E-state index >= 15 is 0 Å². The minimum absolute atomic E-state index is 0.199. The molecule has 0 aromatic carbocycles. The van der Waals surface area contributed by atoms with E-state index < -0.39 is 11.9 Å². The summed E-state index contributed by atoms with van der Waals surface area (Å²) in [7, 11) is 0. The fourth-order valence-electron chi connectivity index (χ4n) is 1.32. The Balaban J connectivity index is 2.72. The van der Waals surface area contributed by atoms with Gasteiger partial charge in [-0.3, -0.25) is 9.59 Å². The van der Waals surface area contributed by atoms with E-state index in [9.17, 15) is 9.59 Å². The van der Waals surface area contributed by atoms with Crippen molar-refractivity contribution in [3.63, 3.8) is 0 Å². The minimum Gasteiger partial charge on any atom is -0.368 e. The van der Waals surface area contributed by atoms with Gasteiger partial charge in [0.05, 0.1) is 0 Å². The quantitative estimate of drug-likeness (QED) is 0.779. The lowest BCUT2D eigenvalue weighted by atomic mass is 10.1. The van der Waals surface area contributed by atoms with Gasteiger partial charge in [-0.15, -0.1) is 0 Å². The van der Waals surface area contributed by atoms with Crippen LogP contribution in [-0.2, 0) is 16.0 Å². The summed E-state index contributed by atoms with van der Waals surface area (Å²) in [5.74, 6) is -0.977. The van der Waals surface area contributed by atoms with Gasteiger partial charge in [0.25, 0.3) is 0 Å². The molecule has 0 aliphatic carbocycles. The summed E-state index contributed by atoms with van der Waals surface area (Å²) in [6.07, 6.45) is 1.86. The van der Waals surface area contributed by atoms with Crippen molar-refractivity contribution in [1.29, 1.82) is 0 Å². The Bertz CT molecular complexity index is 431. The molecule has 1 aromatic heterocycles. The summed E-state index contributed by atoms with van der Waals surface area (Å²) in [6.45, 7) is 3.49. The van der Waals surface area contributed by atoms with Gasteiger partial charge in [0, 0.05) is 18.5 Å². The van der Waals surface area contributed by atoms with Crippen molar-refractivity contribution in [2.45, 2.75) is 26.3 Å². The summed E-state index contributed by atoms with van der Waals surface area (Å²) in [5, 5.41) is 2.98. The molecule has 5 nitrogen and oxygen atoms in total. The van der Waals surface area contributed by atoms with Crippen LogP contribution in [0.2, 0.25) is 5.15 Å². The van der Waals surface area contributed by atoms with Crippen molar-refractivity contribution in [3.05, 3.63) is 29.0 Å². The van der Waals surface area contributed by atoms with Crippen molar-refractivity contribution in [3.8, 4) is 0 Å². The highest BCUT2D eigenvalue weighted by Crippen LogP contribution is 2.08. The Kier molecular flexibility index (Phi) is 5.09. The van der Waals surface area contributed by atoms with Gasteiger partial charge in [0.1, 0.15) is 11.2 Å². The highest BCUT2D eigenvalue weighted by Gasteiger charge is 2.20. The van der Waals surface area contributed by atoms with Crippen molar-refractivity contribution < 1.29 is 9.59 Å². The van der Waals surface area contributed by atoms with Crippen LogP contribution in [0.5, 0.6) is 0 Å². The van der Waals surface area contributed by atoms with E-state index in [4.69, 9.17) is 17.3 Å². The topological polar surface area (TPSA) is 85.1 Å². The van der Waals surface area contributed by atoms with Crippen LogP contribution in [0.4, 0.5) is 0 Å². The Hall–Kier alpha value is -1.62. The summed E-state index contributed by atoms with van der Waals surface area (Å²) < 4.78 is 0. The molecular weight excluding hydrogens is 254 g/mol. The average Bonchev–Trinajstić information content (AvgIpc) is 2.30. The first-order valence-corrected chi connectivity index (χ1v) is 5.98. The molecule has 98 valence electrons. The zero-order chi connectivity index (χ0) is 13.7. The number of nitrogens with one attached hydrogen (secondary N) is 1. The smallest absolute Gasteiger partial charge is 0.240 e. The van der Waals surface area contributed by atoms with E-state index in [2.05, 4.69) is 10.3 Å². The van der Waals surface area contributed by atoms with Gasteiger partial charge in [-0.05, 0) is 11.6 Å². The van der Waals surface area contributed by atoms with Gasteiger partial charge >= 0.3 is 0 Å². The lowest BCUT2D eigenvalue weighted by molar-refractivity contribution is -0.129. The van der Waals surface area contributed by atoms with Crippen molar-refractivity contribution >= 4 is 23.4 Å². The predicted molar refractivity (Wildman–Crippen MR) is 68.9 cm³/mol. The number of hydrogen-bond acceptors (Lipinski definition) is 3. The number of hydrogen-bond donors (Lipinski definition) is 2. The number of primary amides is 1. The second kappa shape index (κ2) is 6.35. The van der Waals surface area contributed by atoms with Gasteiger partial charge in [0.15, 0.2) is 0 Å². The van der Waals surface area contributed by atoms with E-state index in [-0.39, 0.29) is 11.8 Å². The third-order valence-electron chi connectivity index (χ3n) is 2.41. The van der Waals surface area contributed by atoms with Crippen LogP contribution >= 0.6 is 11.6 Å². The minimum atomic E-state index is -0.733. The van der Waals surface area contributed by atoms with Gasteiger partial charge < -0.3 is 11.1 Å². The Labute approximate surface area is 111 Å². The van der Waals surface area contributed by atoms with Crippen LogP contribution in [0, 0.1) is 5.92 Å². The number of amides is 2. The van der Waals surface area contributed by atoms with Crippen LogP contribution in [0.3, 0.4) is 0 Å². The molecule has 1 rings (SSSR count). The molecule has 2 amide bonds. The average molecular weight is 270 g/mol. The van der Waals surface area contributed by atoms with Crippen LogP contribution < -0.4 is 11.1 Å². The molecule has 18 heavy (non-hydrogen) atoms. The maximum Gasteiger partial charge on any atom is 0.240 e. The second-order valence-electron chi connectivity index (χ2n) is 4.31. The monoisotopic (exact) mass is 269 g/mol. The molecule has 0 fully saturated rings. The normalized spacial score (nSPS) is 12.2. The fraction of sp³-hybridized carbons (Fsp3) is 0.417. The second-order valence-corrected chi connectivity index (χ2v) is 4.70. The summed E-state index contributed by atoms with van der Waals surface area (Å²) in [4.78, 5) is 26.7. The first-order valence-electron chi connectivity index (χ1n) is 5.60. The highest BCUT2D eigenvalue weighted by atomic mass is 35.5. The third kappa shape index (κ3) is 4.33. The molecule has 6 heteroatoms. The van der Waals surface area contributed by atoms with Crippen LogP contribution in [0.1, 0.15) is 19.4 Å². The van der Waals surface area contributed by atoms with Crippen molar-refractivity contribution in [1.82, 2.24) is 10.3 Å². The highest BCUT2D eigenvalue weighted by molar-refractivity contribution is 6.29. The number of nitrogens with two attached hydrogens (primary N) is 1. The van der Waals surface area contributed by atoms with Gasteiger partial charge in [0.2, 0.25) is 11.8 Å². The molecule has 0 bridgehead atoms. The van der Waals surface area contributed by atoms with E-state index in [1.54, 1.807) is 32.2 Å². The Morgan fingerprint density at radius 3 is 2.56 bits per heavy atom. The number of carbonyl (C=O) groups excluding carboxylic acids is 2. The van der Waals surface area contributed by atoms with Gasteiger partial charge in [-0.1, -0.05) is 31.5 Å². The summed E-state index contributed by atoms with van der Waals surface area (Å²) >= 11 is 5.66. The molecule has 1 atom stereocenters. The zero-order valence-electron chi connectivity index (χ0n) is 10.3. The van der Waals surface area contributed by atoms with Gasteiger partial charge in [-0.2, -0.15) is 0 Å². The first kappa shape index (κ1) is 14.4. The van der Waals surface area contributed by atoms with Crippen LogP contribution in [-0.4, -0.2) is 22.8 Å². The Morgan fingerprint density at radius 2 is 2.11 bits per heavy atom. The summed E-state index contributed by atoms with van der Waals surface area (Å²) in [6, 6.07) is 2.63. The molecule has 0 aliphatic rings. The lowest BCUT2D eigenvalue weighted by Crippen LogP contribution is -2.47. The number of halogens is 1. The molecular formula is C12H16ClN3O2. The number of aromatic nitrogens is 1. The van der Waals surface area contributed by atoms with Crippen LogP contribution in [0.25, 0.3) is 0 Å². The molecule has 1 aromatic rings.